The monoisotopic (exact) mass is 280 g/mol. The van der Waals surface area contributed by atoms with Crippen molar-refractivity contribution in [3.63, 3.8) is 0 Å². The predicted octanol–water partition coefficient (Wildman–Crippen LogP) is 4.06. The second-order valence-corrected chi connectivity index (χ2v) is 7.99. The van der Waals surface area contributed by atoms with Crippen LogP contribution in [-0.2, 0) is 0 Å². The number of hydrogen-bond acceptors (Lipinski definition) is 2. The molecule has 0 bridgehead atoms. The van der Waals surface area contributed by atoms with Crippen LogP contribution in [0.15, 0.2) is 0 Å². The van der Waals surface area contributed by atoms with Crippen molar-refractivity contribution in [2.45, 2.75) is 84.2 Å². The number of nitrogens with one attached hydrogen (secondary N) is 1. The molecule has 0 spiro atoms. The zero-order valence-corrected chi connectivity index (χ0v) is 14.3. The van der Waals surface area contributed by atoms with Crippen molar-refractivity contribution in [1.82, 2.24) is 10.2 Å². The summed E-state index contributed by atoms with van der Waals surface area (Å²) >= 11 is 0. The minimum absolute atomic E-state index is 0.535. The fourth-order valence-corrected chi connectivity index (χ4v) is 4.49. The SMILES string of the molecule is CCCC1CCCN(C2CC(C)(C)CCC2NC)CC1. The van der Waals surface area contributed by atoms with Gasteiger partial charge in [0, 0.05) is 12.1 Å². The average molecular weight is 281 g/mol. The molecule has 2 aliphatic rings. The maximum atomic E-state index is 3.60. The molecular weight excluding hydrogens is 244 g/mol. The molecule has 1 aliphatic carbocycles. The normalized spacial score (nSPS) is 35.7. The summed E-state index contributed by atoms with van der Waals surface area (Å²) in [5, 5.41) is 3.60. The molecule has 1 saturated heterocycles. The van der Waals surface area contributed by atoms with Gasteiger partial charge < -0.3 is 5.32 Å². The molecule has 1 saturated carbocycles. The van der Waals surface area contributed by atoms with Gasteiger partial charge in [-0.15, -0.1) is 0 Å². The maximum Gasteiger partial charge on any atom is 0.0254 e. The number of rotatable bonds is 4. The molecule has 1 aliphatic heterocycles. The lowest BCUT2D eigenvalue weighted by molar-refractivity contribution is 0.0689. The molecule has 20 heavy (non-hydrogen) atoms. The van der Waals surface area contributed by atoms with E-state index in [1.165, 1.54) is 64.5 Å². The summed E-state index contributed by atoms with van der Waals surface area (Å²) in [6.45, 7) is 9.93. The minimum atomic E-state index is 0.535. The van der Waals surface area contributed by atoms with Gasteiger partial charge in [-0.1, -0.05) is 33.6 Å². The maximum absolute atomic E-state index is 3.60. The summed E-state index contributed by atoms with van der Waals surface area (Å²) in [5.41, 5.74) is 0.535. The average Bonchev–Trinajstić information content (AvgIpc) is 2.64. The Balaban J connectivity index is 1.97. The number of nitrogens with zero attached hydrogens (tertiary/aromatic N) is 1. The van der Waals surface area contributed by atoms with Crippen LogP contribution in [0, 0.1) is 11.3 Å². The first-order chi connectivity index (χ1) is 9.55. The Morgan fingerprint density at radius 1 is 1.15 bits per heavy atom. The highest BCUT2D eigenvalue weighted by Gasteiger charge is 2.37. The van der Waals surface area contributed by atoms with Gasteiger partial charge in [-0.2, -0.15) is 0 Å². The lowest BCUT2D eigenvalue weighted by Gasteiger charge is -2.46. The Hall–Kier alpha value is -0.0800. The van der Waals surface area contributed by atoms with Crippen molar-refractivity contribution >= 4 is 0 Å². The molecule has 2 heteroatoms. The molecule has 0 aromatic heterocycles. The highest BCUT2D eigenvalue weighted by molar-refractivity contribution is 4.94. The Morgan fingerprint density at radius 3 is 2.65 bits per heavy atom. The molecule has 0 amide bonds. The Bertz CT molecular complexity index is 287. The Labute approximate surface area is 126 Å². The van der Waals surface area contributed by atoms with Crippen LogP contribution in [0.3, 0.4) is 0 Å². The van der Waals surface area contributed by atoms with E-state index >= 15 is 0 Å². The van der Waals surface area contributed by atoms with E-state index in [1.807, 2.05) is 0 Å². The summed E-state index contributed by atoms with van der Waals surface area (Å²) in [4.78, 5) is 2.83. The lowest BCUT2D eigenvalue weighted by atomic mass is 9.72. The van der Waals surface area contributed by atoms with E-state index < -0.39 is 0 Å². The molecule has 0 aromatic carbocycles. The molecule has 2 rings (SSSR count). The van der Waals surface area contributed by atoms with E-state index in [-0.39, 0.29) is 0 Å². The zero-order chi connectivity index (χ0) is 14.6. The minimum Gasteiger partial charge on any atom is -0.315 e. The number of likely N-dealkylation sites (N-methyl/N-ethyl adjacent to an activating group) is 1. The standard InChI is InChI=1S/C18H36N2/c1-5-7-15-8-6-12-20(13-10-15)17-14-18(2,3)11-9-16(17)19-4/h15-17,19H,5-14H2,1-4H3. The fraction of sp³-hybridized carbons (Fsp3) is 1.00. The summed E-state index contributed by atoms with van der Waals surface area (Å²) in [6, 6.07) is 1.48. The first-order valence-corrected chi connectivity index (χ1v) is 8.97. The van der Waals surface area contributed by atoms with E-state index in [2.05, 4.69) is 38.0 Å². The first kappa shape index (κ1) is 16.3. The van der Waals surface area contributed by atoms with Gasteiger partial charge in [0.05, 0.1) is 0 Å². The van der Waals surface area contributed by atoms with Crippen LogP contribution in [0.25, 0.3) is 0 Å². The third kappa shape index (κ3) is 4.21. The largest absolute Gasteiger partial charge is 0.315 e. The van der Waals surface area contributed by atoms with Crippen LogP contribution in [0.1, 0.15) is 72.1 Å². The van der Waals surface area contributed by atoms with E-state index in [4.69, 9.17) is 0 Å². The van der Waals surface area contributed by atoms with Crippen molar-refractivity contribution in [3.8, 4) is 0 Å². The van der Waals surface area contributed by atoms with Gasteiger partial charge in [-0.25, -0.2) is 0 Å². The van der Waals surface area contributed by atoms with Crippen molar-refractivity contribution < 1.29 is 0 Å². The summed E-state index contributed by atoms with van der Waals surface area (Å²) in [5.74, 6) is 0.995. The summed E-state index contributed by atoms with van der Waals surface area (Å²) < 4.78 is 0. The van der Waals surface area contributed by atoms with Crippen LogP contribution in [0.2, 0.25) is 0 Å². The predicted molar refractivity (Wildman–Crippen MR) is 88.1 cm³/mol. The van der Waals surface area contributed by atoms with Crippen LogP contribution in [-0.4, -0.2) is 37.1 Å². The molecule has 0 radical (unpaired) electrons. The van der Waals surface area contributed by atoms with E-state index in [9.17, 15) is 0 Å². The molecular formula is C18H36N2. The van der Waals surface area contributed by atoms with E-state index in [0.717, 1.165) is 12.0 Å². The van der Waals surface area contributed by atoms with E-state index in [0.29, 0.717) is 11.5 Å². The summed E-state index contributed by atoms with van der Waals surface area (Å²) in [7, 11) is 2.16. The smallest absolute Gasteiger partial charge is 0.0254 e. The lowest BCUT2D eigenvalue weighted by Crippen LogP contribution is -2.54. The van der Waals surface area contributed by atoms with Crippen molar-refractivity contribution in [2.24, 2.45) is 11.3 Å². The van der Waals surface area contributed by atoms with Gasteiger partial charge in [0.2, 0.25) is 0 Å². The molecule has 3 unspecified atom stereocenters. The molecule has 0 aromatic rings. The second kappa shape index (κ2) is 7.26. The topological polar surface area (TPSA) is 15.3 Å². The van der Waals surface area contributed by atoms with E-state index in [1.54, 1.807) is 0 Å². The van der Waals surface area contributed by atoms with Crippen LogP contribution < -0.4 is 5.32 Å². The summed E-state index contributed by atoms with van der Waals surface area (Å²) in [6.07, 6.45) is 11.2. The van der Waals surface area contributed by atoms with Crippen LogP contribution >= 0.6 is 0 Å². The second-order valence-electron chi connectivity index (χ2n) is 7.99. The van der Waals surface area contributed by atoms with Crippen molar-refractivity contribution in [2.75, 3.05) is 20.1 Å². The number of hydrogen-bond donors (Lipinski definition) is 1. The molecule has 1 N–H and O–H groups in total. The molecule has 2 nitrogen and oxygen atoms in total. The quantitative estimate of drug-likeness (QED) is 0.835. The Morgan fingerprint density at radius 2 is 1.95 bits per heavy atom. The highest BCUT2D eigenvalue weighted by Crippen LogP contribution is 2.38. The third-order valence-electron chi connectivity index (χ3n) is 5.78. The fourth-order valence-electron chi connectivity index (χ4n) is 4.49. The van der Waals surface area contributed by atoms with Crippen molar-refractivity contribution in [1.29, 1.82) is 0 Å². The molecule has 3 atom stereocenters. The third-order valence-corrected chi connectivity index (χ3v) is 5.78. The van der Waals surface area contributed by atoms with Gasteiger partial charge in [-0.05, 0) is 70.0 Å². The van der Waals surface area contributed by atoms with Gasteiger partial charge in [0.25, 0.3) is 0 Å². The van der Waals surface area contributed by atoms with Gasteiger partial charge in [0.1, 0.15) is 0 Å². The highest BCUT2D eigenvalue weighted by atomic mass is 15.2. The van der Waals surface area contributed by atoms with Gasteiger partial charge >= 0.3 is 0 Å². The van der Waals surface area contributed by atoms with Crippen LogP contribution in [0.5, 0.6) is 0 Å². The molecule has 1 heterocycles. The van der Waals surface area contributed by atoms with Gasteiger partial charge in [0.15, 0.2) is 0 Å². The van der Waals surface area contributed by atoms with Crippen LogP contribution in [0.4, 0.5) is 0 Å². The van der Waals surface area contributed by atoms with Crippen molar-refractivity contribution in [3.05, 3.63) is 0 Å². The zero-order valence-electron chi connectivity index (χ0n) is 14.3. The first-order valence-electron chi connectivity index (χ1n) is 8.97. The molecule has 118 valence electrons. The Kier molecular flexibility index (Phi) is 5.92. The molecule has 2 fully saturated rings. The van der Waals surface area contributed by atoms with Gasteiger partial charge in [-0.3, -0.25) is 4.90 Å². The number of likely N-dealkylation sites (tertiary alicyclic amines) is 1.